The summed E-state index contributed by atoms with van der Waals surface area (Å²) in [5, 5.41) is 63.6. The molecule has 0 spiro atoms. The van der Waals surface area contributed by atoms with E-state index in [2.05, 4.69) is 30.4 Å². The van der Waals surface area contributed by atoms with Gasteiger partial charge in [-0.05, 0) is 70.8 Å². The highest BCUT2D eigenvalue weighted by atomic mass is 16.3. The molecule has 10 heteroatoms. The number of aromatic nitrogens is 2. The summed E-state index contributed by atoms with van der Waals surface area (Å²) in [6.45, 7) is 0. The molecule has 0 amide bonds. The number of benzene rings is 4. The van der Waals surface area contributed by atoms with Crippen LogP contribution in [0, 0.1) is 0 Å². The fraction of sp³-hybridized carbons (Fsp3) is 0.105. The molecule has 0 aliphatic heterocycles. The van der Waals surface area contributed by atoms with Crippen molar-refractivity contribution in [3.63, 3.8) is 0 Å². The quantitative estimate of drug-likeness (QED) is 0.142. The Kier molecular flexibility index (Phi) is 8.27. The molecule has 8 bridgehead atoms. The maximum absolute atomic E-state index is 11.6. The van der Waals surface area contributed by atoms with Crippen molar-refractivity contribution < 1.29 is 20.4 Å². The Hall–Kier alpha value is -6.42. The van der Waals surface area contributed by atoms with E-state index in [9.17, 15) is 20.4 Å². The van der Waals surface area contributed by atoms with Crippen LogP contribution < -0.4 is 0 Å². The molecule has 236 valence electrons. The highest BCUT2D eigenvalue weighted by Gasteiger charge is 2.20. The van der Waals surface area contributed by atoms with Crippen LogP contribution in [0.1, 0.15) is 44.5 Å². The van der Waals surface area contributed by atoms with E-state index in [4.69, 9.17) is 0 Å². The fourth-order valence-electron chi connectivity index (χ4n) is 5.87. The first-order valence-corrected chi connectivity index (χ1v) is 15.3. The lowest BCUT2D eigenvalue weighted by molar-refractivity contribution is 0.450. The van der Waals surface area contributed by atoms with Crippen molar-refractivity contribution in [2.45, 2.75) is 25.7 Å². The van der Waals surface area contributed by atoms with Gasteiger partial charge in [0.2, 0.25) is 0 Å². The highest BCUT2D eigenvalue weighted by Crippen LogP contribution is 2.40. The minimum atomic E-state index is 0.0124. The summed E-state index contributed by atoms with van der Waals surface area (Å²) in [6.07, 6.45) is 7.26. The molecule has 0 radical (unpaired) electrons. The molecular weight excluding hydrogens is 604 g/mol. The smallest absolute Gasteiger partial charge is 0.122 e. The molecule has 48 heavy (non-hydrogen) atoms. The topological polar surface area (TPSA) is 156 Å². The number of pyridine rings is 2. The molecular formula is C38H30N6O4. The van der Waals surface area contributed by atoms with Crippen LogP contribution in [0.2, 0.25) is 0 Å². The number of nitrogens with zero attached hydrogens (tertiary/aromatic N) is 6. The van der Waals surface area contributed by atoms with Crippen LogP contribution in [0.15, 0.2) is 130 Å². The Morgan fingerprint density at radius 1 is 0.375 bits per heavy atom. The summed E-state index contributed by atoms with van der Waals surface area (Å²) in [7, 11) is 0. The van der Waals surface area contributed by atoms with E-state index in [1.54, 1.807) is 85.5 Å². The predicted molar refractivity (Wildman–Crippen MR) is 180 cm³/mol. The van der Waals surface area contributed by atoms with Crippen molar-refractivity contribution in [2.75, 3.05) is 0 Å². The van der Waals surface area contributed by atoms with E-state index in [0.29, 0.717) is 67.3 Å². The molecule has 0 unspecified atom stereocenters. The van der Waals surface area contributed by atoms with E-state index in [-0.39, 0.29) is 48.7 Å². The largest absolute Gasteiger partial charge is 0.507 e. The summed E-state index contributed by atoms with van der Waals surface area (Å²) in [6, 6.07) is 24.9. The van der Waals surface area contributed by atoms with E-state index >= 15 is 0 Å². The molecule has 10 nitrogen and oxygen atoms in total. The summed E-state index contributed by atoms with van der Waals surface area (Å²) in [5.41, 5.74) is 6.54. The van der Waals surface area contributed by atoms with Gasteiger partial charge >= 0.3 is 0 Å². The number of rotatable bonds is 4. The molecule has 6 aromatic rings. The summed E-state index contributed by atoms with van der Waals surface area (Å²) in [5.74, 6) is 0.199. The lowest BCUT2D eigenvalue weighted by atomic mass is 9.91. The molecule has 0 saturated carbocycles. The zero-order valence-corrected chi connectivity index (χ0v) is 25.7. The molecule has 0 saturated heterocycles. The second-order valence-electron chi connectivity index (χ2n) is 11.6. The highest BCUT2D eigenvalue weighted by molar-refractivity contribution is 5.61. The summed E-state index contributed by atoms with van der Waals surface area (Å²) in [4.78, 5) is 8.19. The van der Waals surface area contributed by atoms with Crippen molar-refractivity contribution in [3.05, 3.63) is 154 Å². The van der Waals surface area contributed by atoms with Crippen LogP contribution in [0.3, 0.4) is 0 Å². The van der Waals surface area contributed by atoms with Crippen molar-refractivity contribution in [1.82, 2.24) is 9.97 Å². The van der Waals surface area contributed by atoms with Gasteiger partial charge in [-0.25, -0.2) is 0 Å². The molecule has 2 heterocycles. The first kappa shape index (κ1) is 30.2. The number of hydrogen-bond acceptors (Lipinski definition) is 10. The second kappa shape index (κ2) is 13.1. The van der Waals surface area contributed by atoms with Crippen LogP contribution in [0.5, 0.6) is 23.0 Å². The lowest BCUT2D eigenvalue weighted by Crippen LogP contribution is -2.00. The van der Waals surface area contributed by atoms with E-state index in [0.717, 1.165) is 0 Å². The maximum Gasteiger partial charge on any atom is 0.122 e. The predicted octanol–water partition coefficient (Wildman–Crippen LogP) is 8.81. The Bertz CT molecular complexity index is 2030. The van der Waals surface area contributed by atoms with Crippen molar-refractivity contribution in [3.8, 4) is 23.0 Å². The number of para-hydroxylation sites is 2. The zero-order chi connectivity index (χ0) is 33.0. The molecule has 0 fully saturated rings. The van der Waals surface area contributed by atoms with Gasteiger partial charge in [0.05, 0.1) is 23.8 Å². The van der Waals surface area contributed by atoms with Crippen LogP contribution in [-0.4, -0.2) is 30.4 Å². The third-order valence-electron chi connectivity index (χ3n) is 8.29. The van der Waals surface area contributed by atoms with Crippen molar-refractivity contribution in [2.24, 2.45) is 20.5 Å². The van der Waals surface area contributed by atoms with Gasteiger partial charge in [0, 0.05) is 60.3 Å². The lowest BCUT2D eigenvalue weighted by Gasteiger charge is -2.17. The number of phenolic OH excluding ortho intramolecular Hbond substituents is 4. The number of phenols is 4. The zero-order valence-electron chi connectivity index (χ0n) is 25.7. The van der Waals surface area contributed by atoms with Crippen LogP contribution in [-0.2, 0) is 25.7 Å². The minimum absolute atomic E-state index is 0.0124. The van der Waals surface area contributed by atoms with Crippen LogP contribution in [0.4, 0.5) is 22.7 Å². The fourth-order valence-corrected chi connectivity index (χ4v) is 5.87. The minimum Gasteiger partial charge on any atom is -0.507 e. The Balaban J connectivity index is 1.41. The Morgan fingerprint density at radius 3 is 1.04 bits per heavy atom. The maximum atomic E-state index is 11.6. The van der Waals surface area contributed by atoms with Crippen LogP contribution in [0.25, 0.3) is 0 Å². The summed E-state index contributed by atoms with van der Waals surface area (Å²) < 4.78 is 0. The standard InChI is InChI=1S/C38H30N6O4/c45-35-23-5-1-7-25(35)14-27-17-33(43-41-31-9-3-11-39-21-31)19-29(37(27)47)16-30-20-34(44-42-32-10-4-12-40-22-32)18-28(38(30)48)15-26-8-2-6-24(13-23)36(26)46/h1-12,17-22,45-48H,13-16H2. The Morgan fingerprint density at radius 2 is 0.688 bits per heavy atom. The number of hydrogen-bond donors (Lipinski definition) is 4. The van der Waals surface area contributed by atoms with E-state index in [1.165, 1.54) is 0 Å². The molecule has 4 aromatic carbocycles. The van der Waals surface area contributed by atoms with Crippen LogP contribution >= 0.6 is 0 Å². The number of azo groups is 2. The molecule has 0 atom stereocenters. The average Bonchev–Trinajstić information content (AvgIpc) is 3.10. The molecule has 7 rings (SSSR count). The van der Waals surface area contributed by atoms with Gasteiger partial charge in [-0.15, -0.1) is 10.2 Å². The van der Waals surface area contributed by atoms with Gasteiger partial charge in [0.1, 0.15) is 34.4 Å². The third kappa shape index (κ3) is 6.45. The first-order valence-electron chi connectivity index (χ1n) is 15.3. The monoisotopic (exact) mass is 634 g/mol. The van der Waals surface area contributed by atoms with Gasteiger partial charge in [-0.1, -0.05) is 36.4 Å². The average molecular weight is 635 g/mol. The van der Waals surface area contributed by atoms with Gasteiger partial charge < -0.3 is 20.4 Å². The molecule has 4 N–H and O–H groups in total. The van der Waals surface area contributed by atoms with Gasteiger partial charge in [0.15, 0.2) is 0 Å². The van der Waals surface area contributed by atoms with E-state index in [1.807, 2.05) is 24.3 Å². The number of fused-ring (bicyclic) bond motifs is 8. The molecule has 2 aromatic heterocycles. The summed E-state index contributed by atoms with van der Waals surface area (Å²) >= 11 is 0. The third-order valence-corrected chi connectivity index (χ3v) is 8.29. The van der Waals surface area contributed by atoms with Crippen molar-refractivity contribution in [1.29, 1.82) is 0 Å². The van der Waals surface area contributed by atoms with E-state index < -0.39 is 0 Å². The normalized spacial score (nSPS) is 12.8. The van der Waals surface area contributed by atoms with Gasteiger partial charge in [-0.3, -0.25) is 9.97 Å². The SMILES string of the molecule is Oc1c2cccc1Cc1cc(N=Nc3cccnc3)cc(c1O)Cc1cc(N=Nc3cccnc3)cc(c1O)Cc1cccc(c1O)C2. The van der Waals surface area contributed by atoms with Gasteiger partial charge in [-0.2, -0.15) is 10.2 Å². The Labute approximate surface area is 276 Å². The molecule has 1 aliphatic rings. The number of aromatic hydroxyl groups is 4. The first-order chi connectivity index (χ1) is 23.4. The van der Waals surface area contributed by atoms with Crippen molar-refractivity contribution >= 4 is 22.7 Å². The second-order valence-corrected chi connectivity index (χ2v) is 11.6. The molecule has 1 aliphatic carbocycles. The van der Waals surface area contributed by atoms with Gasteiger partial charge in [0.25, 0.3) is 0 Å².